The number of nitrogens with two attached hydrogens (primary N) is 1. The summed E-state index contributed by atoms with van der Waals surface area (Å²) in [5.41, 5.74) is 2.96. The average Bonchev–Trinajstić information content (AvgIpc) is 3.21. The van der Waals surface area contributed by atoms with Crippen molar-refractivity contribution in [1.29, 1.82) is 0 Å². The summed E-state index contributed by atoms with van der Waals surface area (Å²) in [5, 5.41) is 13.7. The molecule has 0 aliphatic carbocycles. The number of anilines is 1. The van der Waals surface area contributed by atoms with Gasteiger partial charge in [-0.25, -0.2) is 12.8 Å². The predicted octanol–water partition coefficient (Wildman–Crippen LogP) is 3.42. The van der Waals surface area contributed by atoms with Gasteiger partial charge in [0.1, 0.15) is 5.82 Å². The highest BCUT2D eigenvalue weighted by Crippen LogP contribution is 2.40. The van der Waals surface area contributed by atoms with Crippen molar-refractivity contribution in [2.75, 3.05) is 17.2 Å². The van der Waals surface area contributed by atoms with E-state index >= 15 is 4.39 Å². The first-order valence-corrected chi connectivity index (χ1v) is 12.2. The van der Waals surface area contributed by atoms with Gasteiger partial charge in [-0.3, -0.25) is 0 Å². The molecule has 0 saturated heterocycles. The van der Waals surface area contributed by atoms with Crippen molar-refractivity contribution >= 4 is 27.1 Å². The van der Waals surface area contributed by atoms with Gasteiger partial charge in [-0.2, -0.15) is 18.2 Å². The van der Waals surface area contributed by atoms with Gasteiger partial charge in [-0.15, -0.1) is 0 Å². The van der Waals surface area contributed by atoms with Crippen LogP contribution in [0.5, 0.6) is 0 Å². The summed E-state index contributed by atoms with van der Waals surface area (Å²) in [7, 11) is -4.00. The van der Waals surface area contributed by atoms with Crippen LogP contribution < -0.4 is 10.6 Å². The summed E-state index contributed by atoms with van der Waals surface area (Å²) < 4.78 is 84.8. The molecule has 0 fully saturated rings. The van der Waals surface area contributed by atoms with E-state index in [-0.39, 0.29) is 23.7 Å². The molecule has 2 heterocycles. The Morgan fingerprint density at radius 2 is 1.91 bits per heavy atom. The van der Waals surface area contributed by atoms with Crippen molar-refractivity contribution in [2.24, 2.45) is 5.73 Å². The summed E-state index contributed by atoms with van der Waals surface area (Å²) >= 11 is 5.92. The summed E-state index contributed by atoms with van der Waals surface area (Å²) in [6, 6.07) is 7.82. The second-order valence-electron chi connectivity index (χ2n) is 8.34. The van der Waals surface area contributed by atoms with E-state index in [0.29, 0.717) is 11.9 Å². The zero-order valence-electron chi connectivity index (χ0n) is 18.1. The van der Waals surface area contributed by atoms with Crippen LogP contribution in [0.3, 0.4) is 0 Å². The monoisotopic (exact) mass is 534 g/mol. The summed E-state index contributed by atoms with van der Waals surface area (Å²) in [4.78, 5) is 4.81. The predicted molar refractivity (Wildman–Crippen MR) is 118 cm³/mol. The molecule has 0 amide bonds. The molecule has 188 valence electrons. The number of sulfone groups is 1. The number of halogens is 5. The minimum Gasteiger partial charge on any atom is -0.373 e. The zero-order valence-corrected chi connectivity index (χ0v) is 19.6. The zero-order chi connectivity index (χ0) is 25.8. The third kappa shape index (κ3) is 4.85. The van der Waals surface area contributed by atoms with Gasteiger partial charge in [0.25, 0.3) is 5.89 Å². The number of hydrogen-bond donors (Lipinski definition) is 2. The van der Waals surface area contributed by atoms with E-state index in [1.54, 1.807) is 29.2 Å². The molecule has 0 radical (unpaired) electrons. The smallest absolute Gasteiger partial charge is 0.373 e. The highest BCUT2D eigenvalue weighted by molar-refractivity contribution is 7.91. The molecule has 1 aliphatic rings. The van der Waals surface area contributed by atoms with Gasteiger partial charge in [-0.1, -0.05) is 28.9 Å². The molecule has 8 nitrogen and oxygen atoms in total. The Morgan fingerprint density at radius 3 is 2.54 bits per heavy atom. The Kier molecular flexibility index (Phi) is 6.32. The third-order valence-corrected chi connectivity index (χ3v) is 7.65. The third-order valence-electron chi connectivity index (χ3n) is 5.53. The number of nitrogens with zero attached hydrogens (tertiary/aromatic N) is 3. The van der Waals surface area contributed by atoms with Crippen LogP contribution in [0.15, 0.2) is 45.8 Å². The van der Waals surface area contributed by atoms with E-state index in [1.165, 1.54) is 0 Å². The van der Waals surface area contributed by atoms with Crippen LogP contribution in [-0.2, 0) is 22.0 Å². The maximum Gasteiger partial charge on any atom is 0.426 e. The molecule has 4 rings (SSSR count). The van der Waals surface area contributed by atoms with E-state index in [0.717, 1.165) is 17.7 Å². The fourth-order valence-electron chi connectivity index (χ4n) is 3.63. The minimum atomic E-state index is -5.14. The first kappa shape index (κ1) is 25.4. The van der Waals surface area contributed by atoms with Crippen molar-refractivity contribution in [1.82, 2.24) is 10.1 Å². The van der Waals surface area contributed by atoms with Gasteiger partial charge in [0, 0.05) is 24.2 Å². The Hall–Kier alpha value is -2.74. The topological polar surface area (TPSA) is 123 Å². The van der Waals surface area contributed by atoms with Crippen LogP contribution in [0.4, 0.5) is 23.2 Å². The van der Waals surface area contributed by atoms with Crippen molar-refractivity contribution in [3.8, 4) is 11.4 Å². The van der Waals surface area contributed by atoms with Gasteiger partial charge >= 0.3 is 6.18 Å². The van der Waals surface area contributed by atoms with Crippen LogP contribution in [-0.4, -0.2) is 48.2 Å². The Bertz CT molecular complexity index is 1360. The van der Waals surface area contributed by atoms with Gasteiger partial charge in [0.15, 0.2) is 9.84 Å². The molecular formula is C21H19ClF4N4O4S. The lowest BCUT2D eigenvalue weighted by molar-refractivity contribution is -0.267. The van der Waals surface area contributed by atoms with Crippen LogP contribution in [0.1, 0.15) is 18.4 Å². The fourth-order valence-corrected chi connectivity index (χ4v) is 5.39. The molecule has 35 heavy (non-hydrogen) atoms. The quantitative estimate of drug-likeness (QED) is 0.488. The number of aliphatic hydroxyl groups is 1. The van der Waals surface area contributed by atoms with E-state index < -0.39 is 56.5 Å². The molecule has 14 heteroatoms. The Labute approximate surface area is 202 Å². The molecule has 1 unspecified atom stereocenters. The number of fused-ring (bicyclic) bond motifs is 1. The summed E-state index contributed by atoms with van der Waals surface area (Å²) in [6.07, 6.45) is -5.14. The van der Waals surface area contributed by atoms with Crippen LogP contribution in [0.25, 0.3) is 11.4 Å². The second kappa shape index (κ2) is 8.73. The molecule has 0 saturated carbocycles. The van der Waals surface area contributed by atoms with Crippen molar-refractivity contribution in [3.05, 3.63) is 58.7 Å². The van der Waals surface area contributed by atoms with Crippen LogP contribution >= 0.6 is 11.6 Å². The molecule has 3 aromatic rings. The van der Waals surface area contributed by atoms with Gasteiger partial charge in [0.05, 0.1) is 21.9 Å². The average molecular weight is 535 g/mol. The molecule has 2 aromatic carbocycles. The normalized spacial score (nSPS) is 19.7. The van der Waals surface area contributed by atoms with Crippen molar-refractivity contribution in [2.45, 2.75) is 36.2 Å². The maximum absolute atomic E-state index is 15.0. The first-order valence-electron chi connectivity index (χ1n) is 10.1. The number of aromatic nitrogens is 2. The molecule has 2 atom stereocenters. The second-order valence-corrected chi connectivity index (χ2v) is 10.8. The van der Waals surface area contributed by atoms with E-state index in [4.69, 9.17) is 17.3 Å². The van der Waals surface area contributed by atoms with Crippen molar-refractivity contribution < 1.29 is 35.6 Å². The van der Waals surface area contributed by atoms with Gasteiger partial charge < -0.3 is 20.3 Å². The number of hydrogen-bond acceptors (Lipinski definition) is 8. The molecule has 3 N–H and O–H groups in total. The first-order chi connectivity index (χ1) is 16.2. The van der Waals surface area contributed by atoms with Crippen molar-refractivity contribution in [3.63, 3.8) is 0 Å². The fraction of sp³-hybridized carbons (Fsp3) is 0.333. The lowest BCUT2D eigenvalue weighted by Crippen LogP contribution is -2.39. The molecule has 1 aromatic heterocycles. The van der Waals surface area contributed by atoms with E-state index in [1.807, 2.05) is 0 Å². The highest BCUT2D eigenvalue weighted by Gasteiger charge is 2.55. The standard InChI is InChI=1S/C21H19ClF4N4O4S/c1-20(31,21(24,25)26)19-28-18(29-34-19)14-6-16-17(7-15(14)23)35(32,33)10-13(27)9-30(16)8-11-2-4-12(22)5-3-11/h2-7,13,31H,8-10,27H2,1H3/t13-,20?/m1/s1. The maximum atomic E-state index is 15.0. The lowest BCUT2D eigenvalue weighted by Gasteiger charge is -2.26. The lowest BCUT2D eigenvalue weighted by atomic mass is 10.1. The molecule has 0 spiro atoms. The SMILES string of the molecule is CC(O)(c1nc(-c2cc3c(cc2F)S(=O)(=O)C[C@H](N)CN3Cc2ccc(Cl)cc2)no1)C(F)(F)F. The highest BCUT2D eigenvalue weighted by atomic mass is 35.5. The van der Waals surface area contributed by atoms with E-state index in [2.05, 4.69) is 14.7 Å². The molecular weight excluding hydrogens is 516 g/mol. The molecule has 0 bridgehead atoms. The van der Waals surface area contributed by atoms with E-state index in [9.17, 15) is 26.7 Å². The van der Waals surface area contributed by atoms with Gasteiger partial charge in [-0.05, 0) is 36.8 Å². The number of rotatable bonds is 4. The van der Waals surface area contributed by atoms with Crippen LogP contribution in [0, 0.1) is 5.82 Å². The summed E-state index contributed by atoms with van der Waals surface area (Å²) in [6.45, 7) is 0.679. The minimum absolute atomic E-state index is 0.0678. The number of benzene rings is 2. The number of alkyl halides is 3. The largest absolute Gasteiger partial charge is 0.426 e. The van der Waals surface area contributed by atoms with Gasteiger partial charge in [0.2, 0.25) is 11.4 Å². The van der Waals surface area contributed by atoms with Crippen LogP contribution in [0.2, 0.25) is 5.02 Å². The summed E-state index contributed by atoms with van der Waals surface area (Å²) in [5.74, 6) is -3.33. The Morgan fingerprint density at radius 1 is 1.26 bits per heavy atom. The Balaban J connectivity index is 1.83. The molecule has 1 aliphatic heterocycles.